The predicted octanol–water partition coefficient (Wildman–Crippen LogP) is 2.96. The fourth-order valence-corrected chi connectivity index (χ4v) is 3.22. The van der Waals surface area contributed by atoms with E-state index >= 15 is 0 Å². The average molecular weight is 267 g/mol. The number of hydrogen-bond donors (Lipinski definition) is 1. The Labute approximate surface area is 113 Å². The summed E-state index contributed by atoms with van der Waals surface area (Å²) in [6.07, 6.45) is 5.13. The summed E-state index contributed by atoms with van der Waals surface area (Å²) in [5, 5.41) is 3.39. The number of anilines is 1. The summed E-state index contributed by atoms with van der Waals surface area (Å²) in [5.41, 5.74) is 0. The molecule has 0 aromatic carbocycles. The number of hydrogen-bond acceptors (Lipinski definition) is 5. The first kappa shape index (κ1) is 13.5. The number of rotatable bonds is 6. The fourth-order valence-electron chi connectivity index (χ4n) is 1.98. The second kappa shape index (κ2) is 6.27. The van der Waals surface area contributed by atoms with E-state index in [1.165, 1.54) is 18.6 Å². The Kier molecular flexibility index (Phi) is 4.69. The van der Waals surface area contributed by atoms with Gasteiger partial charge < -0.3 is 10.1 Å². The van der Waals surface area contributed by atoms with Crippen LogP contribution in [0.3, 0.4) is 0 Å². The molecular formula is C13H21N3OS. The van der Waals surface area contributed by atoms with Gasteiger partial charge in [0.05, 0.1) is 6.61 Å². The molecule has 18 heavy (non-hydrogen) atoms. The molecule has 100 valence electrons. The van der Waals surface area contributed by atoms with Crippen molar-refractivity contribution in [2.75, 3.05) is 24.2 Å². The van der Waals surface area contributed by atoms with Gasteiger partial charge in [-0.3, -0.25) is 0 Å². The monoisotopic (exact) mass is 267 g/mol. The largest absolute Gasteiger partial charge is 0.478 e. The van der Waals surface area contributed by atoms with Crippen LogP contribution >= 0.6 is 11.8 Å². The minimum Gasteiger partial charge on any atom is -0.478 e. The molecule has 1 aliphatic rings. The highest BCUT2D eigenvalue weighted by Gasteiger charge is 2.29. The van der Waals surface area contributed by atoms with E-state index < -0.39 is 0 Å². The second-order valence-electron chi connectivity index (χ2n) is 4.85. The van der Waals surface area contributed by atoms with Gasteiger partial charge in [-0.05, 0) is 31.9 Å². The Morgan fingerprint density at radius 3 is 3.11 bits per heavy atom. The van der Waals surface area contributed by atoms with Gasteiger partial charge in [-0.2, -0.15) is 11.8 Å². The molecule has 1 fully saturated rings. The minimum atomic E-state index is 0.343. The summed E-state index contributed by atoms with van der Waals surface area (Å²) in [6, 6.07) is 1.87. The Balaban J connectivity index is 1.88. The number of nitrogens with one attached hydrogen (secondary N) is 1. The molecule has 2 rings (SSSR count). The summed E-state index contributed by atoms with van der Waals surface area (Å²) in [7, 11) is 0. The van der Waals surface area contributed by atoms with E-state index in [4.69, 9.17) is 4.74 Å². The van der Waals surface area contributed by atoms with Crippen molar-refractivity contribution < 1.29 is 4.74 Å². The van der Waals surface area contributed by atoms with Gasteiger partial charge in [0, 0.05) is 17.4 Å². The molecule has 0 radical (unpaired) electrons. The maximum absolute atomic E-state index is 5.50. The second-order valence-corrected chi connectivity index (χ2v) is 6.53. The quantitative estimate of drug-likeness (QED) is 0.858. The topological polar surface area (TPSA) is 47.0 Å². The zero-order valence-electron chi connectivity index (χ0n) is 11.1. The lowest BCUT2D eigenvalue weighted by molar-refractivity contribution is 0.305. The van der Waals surface area contributed by atoms with Crippen molar-refractivity contribution >= 4 is 17.6 Å². The lowest BCUT2D eigenvalue weighted by Gasteiger charge is -2.23. The van der Waals surface area contributed by atoms with E-state index in [9.17, 15) is 0 Å². The van der Waals surface area contributed by atoms with Gasteiger partial charge >= 0.3 is 0 Å². The van der Waals surface area contributed by atoms with Gasteiger partial charge in [0.2, 0.25) is 5.88 Å². The van der Waals surface area contributed by atoms with Crippen LogP contribution in [0.4, 0.5) is 5.82 Å². The lowest BCUT2D eigenvalue weighted by atomic mass is 10.1. The van der Waals surface area contributed by atoms with Crippen LogP contribution in [0.1, 0.15) is 33.1 Å². The molecule has 1 aromatic rings. The molecule has 0 saturated carbocycles. The maximum Gasteiger partial charge on any atom is 0.218 e. The van der Waals surface area contributed by atoms with Gasteiger partial charge in [-0.1, -0.05) is 6.92 Å². The van der Waals surface area contributed by atoms with Crippen LogP contribution in [0.2, 0.25) is 0 Å². The first-order valence-corrected chi connectivity index (χ1v) is 7.53. The zero-order valence-corrected chi connectivity index (χ0v) is 11.9. The van der Waals surface area contributed by atoms with E-state index in [0.29, 0.717) is 17.2 Å². The molecule has 2 heterocycles. The first-order chi connectivity index (χ1) is 8.72. The van der Waals surface area contributed by atoms with Crippen LogP contribution in [-0.4, -0.2) is 33.6 Å². The highest BCUT2D eigenvalue weighted by Crippen LogP contribution is 2.37. The molecular weight excluding hydrogens is 246 g/mol. The lowest BCUT2D eigenvalue weighted by Crippen LogP contribution is -2.27. The summed E-state index contributed by atoms with van der Waals surface area (Å²) in [6.45, 7) is 6.04. The van der Waals surface area contributed by atoms with Crippen LogP contribution in [-0.2, 0) is 0 Å². The maximum atomic E-state index is 5.50. The van der Waals surface area contributed by atoms with Gasteiger partial charge in [0.25, 0.3) is 0 Å². The van der Waals surface area contributed by atoms with Crippen LogP contribution in [0.15, 0.2) is 12.4 Å². The van der Waals surface area contributed by atoms with Crippen molar-refractivity contribution in [1.29, 1.82) is 0 Å². The van der Waals surface area contributed by atoms with Crippen molar-refractivity contribution in [2.45, 2.75) is 37.9 Å². The van der Waals surface area contributed by atoms with Crippen LogP contribution in [0.5, 0.6) is 5.88 Å². The van der Waals surface area contributed by atoms with Crippen molar-refractivity contribution in [2.24, 2.45) is 0 Å². The fraction of sp³-hybridized carbons (Fsp3) is 0.692. The molecule has 1 atom stereocenters. The number of aromatic nitrogens is 2. The van der Waals surface area contributed by atoms with Crippen molar-refractivity contribution in [3.05, 3.63) is 12.4 Å². The van der Waals surface area contributed by atoms with Crippen LogP contribution in [0.25, 0.3) is 0 Å². The normalized spacial score (nSPS) is 23.0. The molecule has 4 nitrogen and oxygen atoms in total. The Bertz CT molecular complexity index is 380. The third-order valence-electron chi connectivity index (χ3n) is 3.04. The smallest absolute Gasteiger partial charge is 0.218 e. The number of nitrogens with zero attached hydrogens (tertiary/aromatic N) is 2. The third-order valence-corrected chi connectivity index (χ3v) is 4.58. The van der Waals surface area contributed by atoms with E-state index in [1.807, 2.05) is 17.8 Å². The van der Waals surface area contributed by atoms with Crippen molar-refractivity contribution in [1.82, 2.24) is 9.97 Å². The van der Waals surface area contributed by atoms with Crippen molar-refractivity contribution in [3.63, 3.8) is 0 Å². The van der Waals surface area contributed by atoms with Gasteiger partial charge in [0.15, 0.2) is 0 Å². The molecule has 1 saturated heterocycles. The highest BCUT2D eigenvalue weighted by atomic mass is 32.2. The number of thioether (sulfide) groups is 1. The van der Waals surface area contributed by atoms with E-state index in [2.05, 4.69) is 29.1 Å². The Morgan fingerprint density at radius 1 is 1.50 bits per heavy atom. The molecule has 0 aliphatic carbocycles. The van der Waals surface area contributed by atoms with E-state index in [-0.39, 0.29) is 0 Å². The Morgan fingerprint density at radius 2 is 2.39 bits per heavy atom. The molecule has 0 spiro atoms. The standard InChI is InChI=1S/C13H21N3OS/c1-3-6-17-12-8-11(15-10-16-12)14-9-13(2)5-4-7-18-13/h8,10H,3-7,9H2,1-2H3,(H,14,15,16). The molecule has 1 unspecified atom stereocenters. The molecule has 0 amide bonds. The molecule has 1 aromatic heterocycles. The highest BCUT2D eigenvalue weighted by molar-refractivity contribution is 8.00. The van der Waals surface area contributed by atoms with E-state index in [1.54, 1.807) is 6.33 Å². The average Bonchev–Trinajstić information content (AvgIpc) is 2.82. The van der Waals surface area contributed by atoms with Crippen LogP contribution < -0.4 is 10.1 Å². The van der Waals surface area contributed by atoms with Gasteiger partial charge in [-0.15, -0.1) is 0 Å². The molecule has 1 N–H and O–H groups in total. The SMILES string of the molecule is CCCOc1cc(NCC2(C)CCCS2)ncn1. The van der Waals surface area contributed by atoms with E-state index in [0.717, 1.165) is 18.8 Å². The third kappa shape index (κ3) is 3.77. The summed E-state index contributed by atoms with van der Waals surface area (Å²) < 4.78 is 5.84. The minimum absolute atomic E-state index is 0.343. The zero-order chi connectivity index (χ0) is 12.8. The Hall–Kier alpha value is -0.970. The molecule has 1 aliphatic heterocycles. The van der Waals surface area contributed by atoms with Crippen LogP contribution in [0, 0.1) is 0 Å². The molecule has 0 bridgehead atoms. The predicted molar refractivity (Wildman–Crippen MR) is 76.4 cm³/mol. The van der Waals surface area contributed by atoms with Gasteiger partial charge in [0.1, 0.15) is 12.1 Å². The number of ether oxygens (including phenoxy) is 1. The summed E-state index contributed by atoms with van der Waals surface area (Å²) in [5.74, 6) is 2.77. The molecule has 5 heteroatoms. The summed E-state index contributed by atoms with van der Waals surface area (Å²) in [4.78, 5) is 8.32. The summed E-state index contributed by atoms with van der Waals surface area (Å²) >= 11 is 2.04. The first-order valence-electron chi connectivity index (χ1n) is 6.54. The van der Waals surface area contributed by atoms with Gasteiger partial charge in [-0.25, -0.2) is 9.97 Å². The van der Waals surface area contributed by atoms with Crippen molar-refractivity contribution in [3.8, 4) is 5.88 Å².